The summed E-state index contributed by atoms with van der Waals surface area (Å²) in [5, 5.41) is 3.20. The number of hydrogen-bond acceptors (Lipinski definition) is 3. The lowest BCUT2D eigenvalue weighted by molar-refractivity contribution is -0.121. The zero-order valence-corrected chi connectivity index (χ0v) is 12.3. The van der Waals surface area contributed by atoms with Crippen molar-refractivity contribution in [2.75, 3.05) is 6.54 Å². The Morgan fingerprint density at radius 1 is 1.24 bits per heavy atom. The van der Waals surface area contributed by atoms with E-state index in [0.29, 0.717) is 17.4 Å². The largest absolute Gasteiger partial charge is 0.355 e. The van der Waals surface area contributed by atoms with E-state index >= 15 is 0 Å². The van der Waals surface area contributed by atoms with Crippen LogP contribution in [0, 0.1) is 0 Å². The Labute approximate surface area is 122 Å². The molecule has 0 aliphatic rings. The first-order chi connectivity index (χ1) is 10.1. The van der Waals surface area contributed by atoms with Crippen LogP contribution in [0.1, 0.15) is 19.8 Å². The number of carbonyl (C=O) groups is 1. The highest BCUT2D eigenvalue weighted by Gasteiger charge is 2.12. The third kappa shape index (κ3) is 3.04. The molecule has 2 rings (SSSR count). The van der Waals surface area contributed by atoms with Crippen molar-refractivity contribution >= 4 is 16.8 Å². The summed E-state index contributed by atoms with van der Waals surface area (Å²) in [6.45, 7) is 2.54. The molecule has 6 nitrogen and oxygen atoms in total. The van der Waals surface area contributed by atoms with Gasteiger partial charge in [-0.1, -0.05) is 25.5 Å². The number of unbranched alkanes of at least 4 members (excludes halogenated alkanes) is 1. The van der Waals surface area contributed by atoms with Gasteiger partial charge in [-0.2, -0.15) is 0 Å². The summed E-state index contributed by atoms with van der Waals surface area (Å²) in [5.41, 5.74) is -0.348. The zero-order valence-electron chi connectivity index (χ0n) is 12.3. The summed E-state index contributed by atoms with van der Waals surface area (Å²) >= 11 is 0. The van der Waals surface area contributed by atoms with Crippen LogP contribution in [0.2, 0.25) is 0 Å². The third-order valence-corrected chi connectivity index (χ3v) is 3.40. The van der Waals surface area contributed by atoms with Crippen molar-refractivity contribution in [3.63, 3.8) is 0 Å². The van der Waals surface area contributed by atoms with Crippen LogP contribution < -0.4 is 16.6 Å². The highest BCUT2D eigenvalue weighted by Crippen LogP contribution is 2.06. The molecule has 0 bridgehead atoms. The maximum atomic E-state index is 12.2. The van der Waals surface area contributed by atoms with Crippen LogP contribution in [0.5, 0.6) is 0 Å². The first-order valence-corrected chi connectivity index (χ1v) is 7.01. The van der Waals surface area contributed by atoms with Gasteiger partial charge in [-0.05, 0) is 18.6 Å². The molecule has 1 N–H and O–H groups in total. The number of nitrogens with one attached hydrogen (secondary N) is 1. The Kier molecular flexibility index (Phi) is 4.57. The Hall–Kier alpha value is -2.37. The molecule has 0 spiro atoms. The molecule has 0 aliphatic heterocycles. The number of carbonyl (C=O) groups excluding carboxylic acids is 1. The maximum Gasteiger partial charge on any atom is 0.331 e. The van der Waals surface area contributed by atoms with E-state index in [9.17, 15) is 14.4 Å². The highest BCUT2D eigenvalue weighted by atomic mass is 16.2. The SMILES string of the molecule is CCCCNC(=O)Cn1c(=O)n(C)c(=O)c2ccccc21. The Morgan fingerprint density at radius 3 is 2.67 bits per heavy atom. The van der Waals surface area contributed by atoms with Crippen molar-refractivity contribution in [3.05, 3.63) is 45.1 Å². The van der Waals surface area contributed by atoms with Crippen LogP contribution in [0.25, 0.3) is 10.9 Å². The standard InChI is InChI=1S/C15H19N3O3/c1-3-4-9-16-13(19)10-18-12-8-6-5-7-11(12)14(20)17(2)15(18)21/h5-8H,3-4,9-10H2,1-2H3,(H,16,19). The second-order valence-electron chi connectivity index (χ2n) is 4.95. The highest BCUT2D eigenvalue weighted by molar-refractivity contribution is 5.81. The summed E-state index contributed by atoms with van der Waals surface area (Å²) in [6.07, 6.45) is 1.89. The minimum atomic E-state index is -0.482. The number of aromatic nitrogens is 2. The number of amides is 1. The summed E-state index contributed by atoms with van der Waals surface area (Å²) in [7, 11) is 1.42. The van der Waals surface area contributed by atoms with Crippen LogP contribution in [0.4, 0.5) is 0 Å². The number of benzene rings is 1. The number of nitrogens with zero attached hydrogens (tertiary/aromatic N) is 2. The van der Waals surface area contributed by atoms with Gasteiger partial charge in [0.25, 0.3) is 5.56 Å². The van der Waals surface area contributed by atoms with Crippen molar-refractivity contribution in [3.8, 4) is 0 Å². The van der Waals surface area contributed by atoms with E-state index in [2.05, 4.69) is 5.32 Å². The van der Waals surface area contributed by atoms with Gasteiger partial charge in [-0.15, -0.1) is 0 Å². The molecule has 0 unspecified atom stereocenters. The normalized spacial score (nSPS) is 10.8. The van der Waals surface area contributed by atoms with Crippen LogP contribution >= 0.6 is 0 Å². The molecule has 0 fully saturated rings. The zero-order chi connectivity index (χ0) is 15.4. The van der Waals surface area contributed by atoms with Gasteiger partial charge in [-0.25, -0.2) is 4.79 Å². The van der Waals surface area contributed by atoms with Gasteiger partial charge >= 0.3 is 5.69 Å². The number of hydrogen-bond donors (Lipinski definition) is 1. The Morgan fingerprint density at radius 2 is 1.95 bits per heavy atom. The van der Waals surface area contributed by atoms with Crippen molar-refractivity contribution in [2.24, 2.45) is 7.05 Å². The molecule has 112 valence electrons. The topological polar surface area (TPSA) is 73.1 Å². The van der Waals surface area contributed by atoms with Gasteiger partial charge in [0.2, 0.25) is 5.91 Å². The Bertz CT molecular complexity index is 774. The van der Waals surface area contributed by atoms with Crippen molar-refractivity contribution in [1.82, 2.24) is 14.5 Å². The quantitative estimate of drug-likeness (QED) is 0.820. The second-order valence-corrected chi connectivity index (χ2v) is 4.95. The fourth-order valence-electron chi connectivity index (χ4n) is 2.20. The van der Waals surface area contributed by atoms with Gasteiger partial charge in [0.05, 0.1) is 10.9 Å². The summed E-state index contributed by atoms with van der Waals surface area (Å²) in [5.74, 6) is -0.227. The van der Waals surface area contributed by atoms with Gasteiger partial charge in [-0.3, -0.25) is 18.7 Å². The molecule has 6 heteroatoms. The molecule has 0 saturated heterocycles. The second kappa shape index (κ2) is 6.39. The van der Waals surface area contributed by atoms with E-state index in [-0.39, 0.29) is 18.0 Å². The predicted octanol–water partition coefficient (Wildman–Crippen LogP) is 0.617. The molecule has 0 saturated carbocycles. The summed E-state index contributed by atoms with van der Waals surface area (Å²) in [6, 6.07) is 6.81. The van der Waals surface area contributed by atoms with Gasteiger partial charge in [0.15, 0.2) is 0 Å². The molecule has 0 aliphatic carbocycles. The molecule has 1 amide bonds. The van der Waals surface area contributed by atoms with Gasteiger partial charge in [0.1, 0.15) is 6.54 Å². The van der Waals surface area contributed by atoms with Gasteiger partial charge in [0, 0.05) is 13.6 Å². The third-order valence-electron chi connectivity index (χ3n) is 3.40. The first-order valence-electron chi connectivity index (χ1n) is 7.01. The maximum absolute atomic E-state index is 12.2. The van der Waals surface area contributed by atoms with Crippen molar-refractivity contribution in [2.45, 2.75) is 26.3 Å². The number of rotatable bonds is 5. The van der Waals surface area contributed by atoms with E-state index in [1.807, 2.05) is 6.92 Å². The van der Waals surface area contributed by atoms with Crippen LogP contribution in [-0.2, 0) is 18.4 Å². The lowest BCUT2D eigenvalue weighted by Gasteiger charge is -2.12. The summed E-state index contributed by atoms with van der Waals surface area (Å²) < 4.78 is 2.36. The molecule has 1 heterocycles. The van der Waals surface area contributed by atoms with Crippen molar-refractivity contribution < 1.29 is 4.79 Å². The van der Waals surface area contributed by atoms with E-state index in [1.165, 1.54) is 11.6 Å². The van der Waals surface area contributed by atoms with Crippen LogP contribution in [0.3, 0.4) is 0 Å². The van der Waals surface area contributed by atoms with E-state index in [1.54, 1.807) is 24.3 Å². The monoisotopic (exact) mass is 289 g/mol. The van der Waals surface area contributed by atoms with Crippen LogP contribution in [0.15, 0.2) is 33.9 Å². The smallest absolute Gasteiger partial charge is 0.331 e. The Balaban J connectivity index is 2.42. The molecule has 1 aromatic heterocycles. The first kappa shape index (κ1) is 15.0. The fourth-order valence-corrected chi connectivity index (χ4v) is 2.20. The molecular formula is C15H19N3O3. The lowest BCUT2D eigenvalue weighted by Crippen LogP contribution is -2.41. The van der Waals surface area contributed by atoms with E-state index in [0.717, 1.165) is 17.4 Å². The number of fused-ring (bicyclic) bond motifs is 1. The summed E-state index contributed by atoms with van der Waals surface area (Å²) in [4.78, 5) is 36.2. The van der Waals surface area contributed by atoms with Crippen LogP contribution in [-0.4, -0.2) is 21.6 Å². The molecule has 0 radical (unpaired) electrons. The average Bonchev–Trinajstić information content (AvgIpc) is 2.49. The molecule has 21 heavy (non-hydrogen) atoms. The fraction of sp³-hybridized carbons (Fsp3) is 0.400. The lowest BCUT2D eigenvalue weighted by atomic mass is 10.2. The van der Waals surface area contributed by atoms with Gasteiger partial charge < -0.3 is 5.32 Å². The molecule has 0 atom stereocenters. The van der Waals surface area contributed by atoms with E-state index in [4.69, 9.17) is 0 Å². The molecule has 1 aromatic carbocycles. The average molecular weight is 289 g/mol. The minimum Gasteiger partial charge on any atom is -0.355 e. The predicted molar refractivity (Wildman–Crippen MR) is 81.4 cm³/mol. The minimum absolute atomic E-state index is 0.0861. The molecular weight excluding hydrogens is 270 g/mol. The molecule has 2 aromatic rings. The number of para-hydroxylation sites is 1. The van der Waals surface area contributed by atoms with Crippen molar-refractivity contribution in [1.29, 1.82) is 0 Å². The van der Waals surface area contributed by atoms with E-state index < -0.39 is 5.69 Å².